The van der Waals surface area contributed by atoms with E-state index in [0.717, 1.165) is 27.4 Å². The molecule has 0 aliphatic rings. The van der Waals surface area contributed by atoms with Gasteiger partial charge in [-0.1, -0.05) is 29.8 Å². The van der Waals surface area contributed by atoms with Crippen molar-refractivity contribution >= 4 is 44.3 Å². The number of para-hydroxylation sites is 1. The number of H-pyrrole nitrogens is 1. The molecule has 6 heteroatoms. The third-order valence-electron chi connectivity index (χ3n) is 4.34. The lowest BCUT2D eigenvalue weighted by molar-refractivity contribution is 0.897. The first kappa shape index (κ1) is 14.2. The summed E-state index contributed by atoms with van der Waals surface area (Å²) < 4.78 is 1.77. The van der Waals surface area contributed by atoms with E-state index in [9.17, 15) is 4.79 Å². The second-order valence-corrected chi connectivity index (χ2v) is 6.26. The number of fused-ring (bicyclic) bond motifs is 5. The number of benzene rings is 2. The fourth-order valence-electron chi connectivity index (χ4n) is 3.22. The summed E-state index contributed by atoms with van der Waals surface area (Å²) >= 11 is 6.18. The molecule has 120 valence electrons. The van der Waals surface area contributed by atoms with Crippen LogP contribution in [-0.4, -0.2) is 19.7 Å². The normalized spacial score (nSPS) is 11.6. The molecule has 0 saturated carbocycles. The second-order valence-electron chi connectivity index (χ2n) is 5.82. The molecule has 0 aliphatic heterocycles. The van der Waals surface area contributed by atoms with Crippen molar-refractivity contribution in [3.8, 4) is 5.69 Å². The molecule has 0 unspecified atom stereocenters. The van der Waals surface area contributed by atoms with E-state index >= 15 is 0 Å². The van der Waals surface area contributed by atoms with Crippen LogP contribution in [0.2, 0.25) is 5.02 Å². The average molecular weight is 347 g/mol. The van der Waals surface area contributed by atoms with E-state index < -0.39 is 0 Å². The number of hydrogen-bond acceptors (Lipinski definition) is 3. The summed E-state index contributed by atoms with van der Waals surface area (Å²) in [4.78, 5) is 19.8. The lowest BCUT2D eigenvalue weighted by Crippen LogP contribution is -2.07. The predicted octanol–water partition coefficient (Wildman–Crippen LogP) is 4.07. The maximum absolute atomic E-state index is 12.4. The standard InChI is InChI=1S/C19H11ClN4O/c20-11-6-7-16-13(8-11)17-14-10-22-24(12-4-2-1-3-5-12)18(14)21-9-15(17)19(25)23-16/h1-10H,(H,23,25). The van der Waals surface area contributed by atoms with Crippen LogP contribution < -0.4 is 5.56 Å². The quantitative estimate of drug-likeness (QED) is 0.465. The molecule has 0 fully saturated rings. The smallest absolute Gasteiger partial charge is 0.257 e. The van der Waals surface area contributed by atoms with E-state index in [4.69, 9.17) is 11.6 Å². The number of nitrogens with one attached hydrogen (secondary N) is 1. The van der Waals surface area contributed by atoms with Crippen molar-refractivity contribution in [1.82, 2.24) is 19.7 Å². The lowest BCUT2D eigenvalue weighted by Gasteiger charge is -2.06. The molecule has 2 aromatic carbocycles. The first-order valence-electron chi connectivity index (χ1n) is 7.76. The van der Waals surface area contributed by atoms with Gasteiger partial charge in [0.25, 0.3) is 5.56 Å². The van der Waals surface area contributed by atoms with Gasteiger partial charge in [0, 0.05) is 32.9 Å². The summed E-state index contributed by atoms with van der Waals surface area (Å²) in [6, 6.07) is 15.2. The minimum Gasteiger partial charge on any atom is -0.321 e. The van der Waals surface area contributed by atoms with Crippen molar-refractivity contribution in [2.45, 2.75) is 0 Å². The van der Waals surface area contributed by atoms with Gasteiger partial charge in [0.15, 0.2) is 5.65 Å². The predicted molar refractivity (Wildman–Crippen MR) is 99.5 cm³/mol. The molecule has 0 spiro atoms. The second kappa shape index (κ2) is 5.16. The van der Waals surface area contributed by atoms with E-state index in [0.29, 0.717) is 16.1 Å². The molecule has 5 nitrogen and oxygen atoms in total. The van der Waals surface area contributed by atoms with E-state index in [-0.39, 0.29) is 5.56 Å². The van der Waals surface area contributed by atoms with Gasteiger partial charge in [0.1, 0.15) is 0 Å². The Morgan fingerprint density at radius 1 is 0.960 bits per heavy atom. The van der Waals surface area contributed by atoms with Crippen LogP contribution in [0.25, 0.3) is 38.4 Å². The number of halogens is 1. The van der Waals surface area contributed by atoms with Gasteiger partial charge < -0.3 is 4.98 Å². The molecule has 5 rings (SSSR count). The van der Waals surface area contributed by atoms with Gasteiger partial charge in [-0.25, -0.2) is 9.67 Å². The number of pyridine rings is 2. The van der Waals surface area contributed by atoms with E-state index in [2.05, 4.69) is 15.1 Å². The zero-order valence-electron chi connectivity index (χ0n) is 12.9. The molecule has 1 N–H and O–H groups in total. The highest BCUT2D eigenvalue weighted by Gasteiger charge is 2.14. The summed E-state index contributed by atoms with van der Waals surface area (Å²) in [6.45, 7) is 0. The number of aromatic amines is 1. The lowest BCUT2D eigenvalue weighted by atomic mass is 10.1. The molecule has 0 aliphatic carbocycles. The first-order valence-corrected chi connectivity index (χ1v) is 8.13. The monoisotopic (exact) mass is 346 g/mol. The van der Waals surface area contributed by atoms with Gasteiger partial charge in [-0.3, -0.25) is 4.79 Å². The molecule has 0 bridgehead atoms. The maximum Gasteiger partial charge on any atom is 0.257 e. The summed E-state index contributed by atoms with van der Waals surface area (Å²) in [5.41, 5.74) is 2.18. The van der Waals surface area contributed by atoms with Crippen molar-refractivity contribution in [3.05, 3.63) is 76.3 Å². The van der Waals surface area contributed by atoms with Gasteiger partial charge in [-0.2, -0.15) is 5.10 Å². The molecule has 3 aromatic heterocycles. The van der Waals surface area contributed by atoms with Crippen molar-refractivity contribution in [1.29, 1.82) is 0 Å². The number of nitrogens with zero attached hydrogens (tertiary/aromatic N) is 3. The van der Waals surface area contributed by atoms with Gasteiger partial charge >= 0.3 is 0 Å². The Bertz CT molecular complexity index is 1320. The molecule has 0 saturated heterocycles. The zero-order chi connectivity index (χ0) is 17.0. The summed E-state index contributed by atoms with van der Waals surface area (Å²) in [5.74, 6) is 0. The highest BCUT2D eigenvalue weighted by molar-refractivity contribution is 6.32. The fraction of sp³-hybridized carbons (Fsp3) is 0. The number of aromatic nitrogens is 4. The Labute approximate surface area is 146 Å². The Kier molecular flexibility index (Phi) is 2.93. The zero-order valence-corrected chi connectivity index (χ0v) is 13.7. The first-order chi connectivity index (χ1) is 12.2. The summed E-state index contributed by atoms with van der Waals surface area (Å²) in [5, 5.41) is 8.13. The third-order valence-corrected chi connectivity index (χ3v) is 4.58. The molecule has 0 amide bonds. The Morgan fingerprint density at radius 3 is 2.64 bits per heavy atom. The molecule has 5 aromatic rings. The van der Waals surface area contributed by atoms with Crippen LogP contribution in [0.15, 0.2) is 65.7 Å². The molecule has 0 atom stereocenters. The van der Waals surface area contributed by atoms with Gasteiger partial charge in [-0.05, 0) is 30.3 Å². The van der Waals surface area contributed by atoms with Crippen LogP contribution in [0.4, 0.5) is 0 Å². The van der Waals surface area contributed by atoms with Crippen molar-refractivity contribution in [3.63, 3.8) is 0 Å². The fourth-order valence-corrected chi connectivity index (χ4v) is 3.39. The van der Waals surface area contributed by atoms with E-state index in [1.165, 1.54) is 0 Å². The van der Waals surface area contributed by atoms with E-state index in [1.807, 2.05) is 42.5 Å². The highest BCUT2D eigenvalue weighted by Crippen LogP contribution is 2.30. The molecule has 25 heavy (non-hydrogen) atoms. The van der Waals surface area contributed by atoms with Crippen molar-refractivity contribution in [2.24, 2.45) is 0 Å². The van der Waals surface area contributed by atoms with Crippen LogP contribution in [0, 0.1) is 0 Å². The van der Waals surface area contributed by atoms with Crippen molar-refractivity contribution < 1.29 is 0 Å². The minimum atomic E-state index is -0.174. The summed E-state index contributed by atoms with van der Waals surface area (Å²) in [7, 11) is 0. The highest BCUT2D eigenvalue weighted by atomic mass is 35.5. The van der Waals surface area contributed by atoms with Crippen molar-refractivity contribution in [2.75, 3.05) is 0 Å². The summed E-state index contributed by atoms with van der Waals surface area (Å²) in [6.07, 6.45) is 3.34. The van der Waals surface area contributed by atoms with Crippen LogP contribution in [-0.2, 0) is 0 Å². The average Bonchev–Trinajstić information content (AvgIpc) is 3.07. The number of hydrogen-bond donors (Lipinski definition) is 1. The Balaban J connectivity index is 1.98. The Hall–Kier alpha value is -3.18. The maximum atomic E-state index is 12.4. The molecular weight excluding hydrogens is 336 g/mol. The number of rotatable bonds is 1. The third kappa shape index (κ3) is 2.06. The van der Waals surface area contributed by atoms with E-state index in [1.54, 1.807) is 23.1 Å². The minimum absolute atomic E-state index is 0.174. The largest absolute Gasteiger partial charge is 0.321 e. The van der Waals surface area contributed by atoms with Crippen LogP contribution in [0.3, 0.4) is 0 Å². The molecule has 0 radical (unpaired) electrons. The SMILES string of the molecule is O=c1[nH]c2ccc(Cl)cc2c2c1cnc1c2cnn1-c1ccccc1. The van der Waals surface area contributed by atoms with Crippen LogP contribution in [0.1, 0.15) is 0 Å². The van der Waals surface area contributed by atoms with Crippen LogP contribution >= 0.6 is 11.6 Å². The Morgan fingerprint density at radius 2 is 1.80 bits per heavy atom. The topological polar surface area (TPSA) is 63.6 Å². The van der Waals surface area contributed by atoms with Crippen LogP contribution in [0.5, 0.6) is 0 Å². The van der Waals surface area contributed by atoms with Gasteiger partial charge in [0.05, 0.1) is 17.3 Å². The molecule has 3 heterocycles. The molecular formula is C19H11ClN4O. The van der Waals surface area contributed by atoms with Gasteiger partial charge in [0.2, 0.25) is 0 Å². The van der Waals surface area contributed by atoms with Gasteiger partial charge in [-0.15, -0.1) is 0 Å².